The molecule has 0 aliphatic carbocycles. The number of nitrogens with one attached hydrogen (secondary N) is 2. The Hall–Kier alpha value is -1.39. The van der Waals surface area contributed by atoms with Gasteiger partial charge in [-0.2, -0.15) is 0 Å². The minimum atomic E-state index is -0.0379. The summed E-state index contributed by atoms with van der Waals surface area (Å²) in [6.45, 7) is 5.38. The van der Waals surface area contributed by atoms with Gasteiger partial charge in [0.1, 0.15) is 0 Å². The first kappa shape index (κ1) is 14.7. The molecule has 4 nitrogen and oxygen atoms in total. The topological polar surface area (TPSA) is 44.4 Å². The van der Waals surface area contributed by atoms with Crippen LogP contribution in [0.5, 0.6) is 0 Å². The highest BCUT2D eigenvalue weighted by atomic mass is 16.1. The first-order chi connectivity index (χ1) is 8.50. The van der Waals surface area contributed by atoms with Gasteiger partial charge in [-0.3, -0.25) is 4.79 Å². The summed E-state index contributed by atoms with van der Waals surface area (Å²) >= 11 is 0. The monoisotopic (exact) mass is 249 g/mol. The van der Waals surface area contributed by atoms with Gasteiger partial charge in [0.2, 0.25) is 5.91 Å². The van der Waals surface area contributed by atoms with Crippen LogP contribution in [0.25, 0.3) is 0 Å². The summed E-state index contributed by atoms with van der Waals surface area (Å²) in [6.07, 6.45) is 0. The van der Waals surface area contributed by atoms with Crippen molar-refractivity contribution in [2.24, 2.45) is 0 Å². The van der Waals surface area contributed by atoms with Crippen molar-refractivity contribution in [1.29, 1.82) is 0 Å². The number of rotatable bonds is 6. The summed E-state index contributed by atoms with van der Waals surface area (Å²) in [5.41, 5.74) is 1.99. The highest BCUT2D eigenvalue weighted by molar-refractivity contribution is 5.89. The van der Waals surface area contributed by atoms with Gasteiger partial charge in [-0.05, 0) is 32.6 Å². The van der Waals surface area contributed by atoms with E-state index in [1.54, 1.807) is 0 Å². The van der Waals surface area contributed by atoms with Gasteiger partial charge in [0.25, 0.3) is 0 Å². The van der Waals surface area contributed by atoms with E-state index in [2.05, 4.69) is 36.6 Å². The molecule has 0 spiro atoms. The summed E-state index contributed by atoms with van der Waals surface area (Å²) < 4.78 is 0. The quantitative estimate of drug-likeness (QED) is 0.806. The second kappa shape index (κ2) is 7.13. The number of para-hydroxylation sites is 1. The Morgan fingerprint density at radius 3 is 2.61 bits per heavy atom. The van der Waals surface area contributed by atoms with E-state index in [0.29, 0.717) is 6.04 Å². The van der Waals surface area contributed by atoms with Gasteiger partial charge < -0.3 is 15.5 Å². The smallest absolute Gasteiger partial charge is 0.221 e. The molecule has 1 rings (SSSR count). The maximum absolute atomic E-state index is 11.1. The summed E-state index contributed by atoms with van der Waals surface area (Å²) in [6, 6.07) is 8.35. The lowest BCUT2D eigenvalue weighted by atomic mass is 10.1. The Kier molecular flexibility index (Phi) is 5.82. The predicted molar refractivity (Wildman–Crippen MR) is 75.6 cm³/mol. The average Bonchev–Trinajstić information content (AvgIpc) is 2.30. The number of likely N-dealkylation sites (N-methyl/N-ethyl adjacent to an activating group) is 1. The highest BCUT2D eigenvalue weighted by Gasteiger charge is 2.05. The van der Waals surface area contributed by atoms with E-state index < -0.39 is 0 Å². The van der Waals surface area contributed by atoms with Gasteiger partial charge in [-0.25, -0.2) is 0 Å². The number of amides is 1. The van der Waals surface area contributed by atoms with E-state index in [-0.39, 0.29) is 5.91 Å². The molecular weight excluding hydrogens is 226 g/mol. The number of hydrogen-bond acceptors (Lipinski definition) is 3. The zero-order chi connectivity index (χ0) is 13.5. The van der Waals surface area contributed by atoms with E-state index in [1.165, 1.54) is 6.92 Å². The second-order valence-corrected chi connectivity index (χ2v) is 4.78. The molecule has 1 aromatic rings. The molecule has 0 heterocycles. The molecule has 4 heteroatoms. The molecule has 100 valence electrons. The van der Waals surface area contributed by atoms with Crippen LogP contribution in [0.1, 0.15) is 19.4 Å². The molecule has 1 amide bonds. The van der Waals surface area contributed by atoms with Gasteiger partial charge >= 0.3 is 0 Å². The molecule has 0 aliphatic rings. The van der Waals surface area contributed by atoms with Crippen molar-refractivity contribution in [1.82, 2.24) is 10.2 Å². The number of carbonyl (C=O) groups excluding carboxylic acids is 1. The van der Waals surface area contributed by atoms with Crippen molar-refractivity contribution >= 4 is 11.6 Å². The third kappa shape index (κ3) is 4.85. The zero-order valence-electron chi connectivity index (χ0n) is 11.7. The molecule has 1 unspecified atom stereocenters. The van der Waals surface area contributed by atoms with Gasteiger partial charge in [-0.15, -0.1) is 0 Å². The number of nitrogens with zero attached hydrogens (tertiary/aromatic N) is 1. The molecular formula is C14H23N3O. The Morgan fingerprint density at radius 1 is 1.33 bits per heavy atom. The zero-order valence-corrected chi connectivity index (χ0v) is 11.7. The van der Waals surface area contributed by atoms with E-state index in [0.717, 1.165) is 24.3 Å². The molecule has 0 bridgehead atoms. The van der Waals surface area contributed by atoms with Crippen LogP contribution in [0.3, 0.4) is 0 Å². The van der Waals surface area contributed by atoms with Crippen molar-refractivity contribution in [2.75, 3.05) is 26.0 Å². The van der Waals surface area contributed by atoms with Crippen molar-refractivity contribution in [3.8, 4) is 0 Å². The number of carbonyl (C=O) groups is 1. The van der Waals surface area contributed by atoms with E-state index in [1.807, 2.05) is 24.3 Å². The van der Waals surface area contributed by atoms with Crippen LogP contribution in [0.15, 0.2) is 24.3 Å². The summed E-state index contributed by atoms with van der Waals surface area (Å²) in [5.74, 6) is -0.0379. The van der Waals surface area contributed by atoms with Crippen LogP contribution >= 0.6 is 0 Å². The van der Waals surface area contributed by atoms with Crippen molar-refractivity contribution in [3.05, 3.63) is 29.8 Å². The molecule has 0 radical (unpaired) electrons. The van der Waals surface area contributed by atoms with Crippen LogP contribution in [-0.2, 0) is 11.3 Å². The molecule has 0 saturated heterocycles. The lowest BCUT2D eigenvalue weighted by molar-refractivity contribution is -0.114. The normalized spacial score (nSPS) is 12.5. The van der Waals surface area contributed by atoms with Crippen molar-refractivity contribution < 1.29 is 4.79 Å². The summed E-state index contributed by atoms with van der Waals surface area (Å²) in [4.78, 5) is 13.3. The summed E-state index contributed by atoms with van der Waals surface area (Å²) in [7, 11) is 4.13. The van der Waals surface area contributed by atoms with Crippen LogP contribution in [0, 0.1) is 0 Å². The van der Waals surface area contributed by atoms with Crippen LogP contribution < -0.4 is 10.6 Å². The highest BCUT2D eigenvalue weighted by Crippen LogP contribution is 2.14. The van der Waals surface area contributed by atoms with E-state index >= 15 is 0 Å². The largest absolute Gasteiger partial charge is 0.326 e. The Morgan fingerprint density at radius 2 is 2.00 bits per heavy atom. The van der Waals surface area contributed by atoms with Gasteiger partial charge in [-0.1, -0.05) is 18.2 Å². The fourth-order valence-electron chi connectivity index (χ4n) is 1.58. The predicted octanol–water partition coefficient (Wildman–Crippen LogP) is 1.68. The third-order valence-electron chi connectivity index (χ3n) is 2.96. The van der Waals surface area contributed by atoms with Crippen molar-refractivity contribution in [2.45, 2.75) is 26.4 Å². The summed E-state index contributed by atoms with van der Waals surface area (Å²) in [5, 5.41) is 6.25. The van der Waals surface area contributed by atoms with Gasteiger partial charge in [0.05, 0.1) is 0 Å². The Labute approximate surface area is 109 Å². The van der Waals surface area contributed by atoms with Crippen LogP contribution in [0.2, 0.25) is 0 Å². The number of anilines is 1. The number of hydrogen-bond donors (Lipinski definition) is 2. The maximum Gasteiger partial charge on any atom is 0.221 e. The van der Waals surface area contributed by atoms with Gasteiger partial charge in [0, 0.05) is 31.7 Å². The minimum Gasteiger partial charge on any atom is -0.326 e. The lowest BCUT2D eigenvalue weighted by Crippen LogP contribution is -2.35. The lowest BCUT2D eigenvalue weighted by Gasteiger charge is -2.20. The maximum atomic E-state index is 11.1. The molecule has 0 saturated carbocycles. The minimum absolute atomic E-state index is 0.0379. The first-order valence-electron chi connectivity index (χ1n) is 6.23. The Bertz CT molecular complexity index is 390. The van der Waals surface area contributed by atoms with Crippen LogP contribution in [0.4, 0.5) is 5.69 Å². The number of benzene rings is 1. The second-order valence-electron chi connectivity index (χ2n) is 4.78. The average molecular weight is 249 g/mol. The molecule has 0 aliphatic heterocycles. The van der Waals surface area contributed by atoms with E-state index in [9.17, 15) is 4.79 Å². The molecule has 18 heavy (non-hydrogen) atoms. The van der Waals surface area contributed by atoms with E-state index in [4.69, 9.17) is 0 Å². The molecule has 0 aromatic heterocycles. The van der Waals surface area contributed by atoms with Crippen LogP contribution in [-0.4, -0.2) is 37.5 Å². The molecule has 1 aromatic carbocycles. The Balaban J connectivity index is 2.53. The fraction of sp³-hybridized carbons (Fsp3) is 0.500. The molecule has 1 atom stereocenters. The SMILES string of the molecule is CC(=O)Nc1ccccc1CNCC(C)N(C)C. The third-order valence-corrected chi connectivity index (χ3v) is 2.96. The van der Waals surface area contributed by atoms with Crippen molar-refractivity contribution in [3.63, 3.8) is 0 Å². The molecule has 2 N–H and O–H groups in total. The standard InChI is InChI=1S/C14H23N3O/c1-11(17(3)4)9-15-10-13-7-5-6-8-14(13)16-12(2)18/h5-8,11,15H,9-10H2,1-4H3,(H,16,18). The fourth-order valence-corrected chi connectivity index (χ4v) is 1.58. The first-order valence-corrected chi connectivity index (χ1v) is 6.23. The van der Waals surface area contributed by atoms with Gasteiger partial charge in [0.15, 0.2) is 0 Å². The molecule has 0 fully saturated rings.